The number of carbonyl (C=O) groups is 3. The average Bonchev–Trinajstić information content (AvgIpc) is 2.63. The number of nitrogens with one attached hydrogen (secondary N) is 1. The lowest BCUT2D eigenvalue weighted by Crippen LogP contribution is -2.30. The van der Waals surface area contributed by atoms with Crippen molar-refractivity contribution in [2.24, 2.45) is 0 Å². The Balaban J connectivity index is 2.03. The summed E-state index contributed by atoms with van der Waals surface area (Å²) in [6.45, 7) is 4.52. The Bertz CT molecular complexity index is 869. The Kier molecular flexibility index (Phi) is 7.12. The van der Waals surface area contributed by atoms with E-state index in [1.807, 2.05) is 0 Å². The van der Waals surface area contributed by atoms with E-state index in [0.717, 1.165) is 0 Å². The number of halogens is 1. The molecule has 2 rings (SSSR count). The number of esters is 1. The zero-order chi connectivity index (χ0) is 20.0. The van der Waals surface area contributed by atoms with Crippen LogP contribution in [0.4, 0.5) is 10.1 Å². The fraction of sp³-hybridized carbons (Fsp3) is 0.250. The molecule has 0 radical (unpaired) electrons. The lowest BCUT2D eigenvalue weighted by Gasteiger charge is -2.15. The molecule has 0 bridgehead atoms. The largest absolute Gasteiger partial charge is 0.449 e. The molecule has 2 aromatic carbocycles. The molecule has 5 nitrogen and oxygen atoms in total. The highest BCUT2D eigenvalue weighted by atomic mass is 32.2. The summed E-state index contributed by atoms with van der Waals surface area (Å²) < 4.78 is 18.8. The second-order valence-corrected chi connectivity index (χ2v) is 7.00. The molecule has 0 saturated carbocycles. The number of ether oxygens (including phenoxy) is 1. The summed E-state index contributed by atoms with van der Waals surface area (Å²) in [5.41, 5.74) is 1.03. The minimum atomic E-state index is -1.08. The summed E-state index contributed by atoms with van der Waals surface area (Å²) in [7, 11) is 0. The van der Waals surface area contributed by atoms with Crippen LogP contribution < -0.4 is 5.32 Å². The van der Waals surface area contributed by atoms with Gasteiger partial charge < -0.3 is 10.1 Å². The lowest BCUT2D eigenvalue weighted by molar-refractivity contribution is -0.123. The molecule has 0 aliphatic rings. The van der Waals surface area contributed by atoms with E-state index in [1.54, 1.807) is 43.3 Å². The van der Waals surface area contributed by atoms with Gasteiger partial charge in [-0.05, 0) is 50.6 Å². The third-order valence-electron chi connectivity index (χ3n) is 3.63. The van der Waals surface area contributed by atoms with Gasteiger partial charge in [0.05, 0.1) is 11.3 Å². The first kappa shape index (κ1) is 20.6. The van der Waals surface area contributed by atoms with Crippen LogP contribution in [-0.2, 0) is 14.3 Å². The van der Waals surface area contributed by atoms with Gasteiger partial charge in [-0.25, -0.2) is 9.18 Å². The van der Waals surface area contributed by atoms with Gasteiger partial charge in [-0.1, -0.05) is 18.2 Å². The predicted molar refractivity (Wildman–Crippen MR) is 102 cm³/mol. The van der Waals surface area contributed by atoms with Gasteiger partial charge in [0.25, 0.3) is 5.91 Å². The molecule has 0 saturated heterocycles. The normalized spacial score (nSPS) is 11.6. The maximum atomic E-state index is 13.6. The van der Waals surface area contributed by atoms with Gasteiger partial charge in [0.15, 0.2) is 6.10 Å². The molecule has 0 unspecified atom stereocenters. The molecular formula is C20H20FNO4S. The van der Waals surface area contributed by atoms with E-state index in [2.05, 4.69) is 5.32 Å². The van der Waals surface area contributed by atoms with Crippen molar-refractivity contribution >= 4 is 35.1 Å². The van der Waals surface area contributed by atoms with Crippen molar-refractivity contribution < 1.29 is 23.5 Å². The third-order valence-corrected chi connectivity index (χ3v) is 4.85. The molecule has 7 heteroatoms. The van der Waals surface area contributed by atoms with Crippen molar-refractivity contribution in [2.45, 2.75) is 31.8 Å². The summed E-state index contributed by atoms with van der Waals surface area (Å²) >= 11 is 1.23. The van der Waals surface area contributed by atoms with Gasteiger partial charge in [-0.15, -0.1) is 11.8 Å². The van der Waals surface area contributed by atoms with Crippen molar-refractivity contribution in [3.05, 3.63) is 59.4 Å². The molecule has 1 amide bonds. The van der Waals surface area contributed by atoms with Crippen LogP contribution in [0.3, 0.4) is 0 Å². The monoisotopic (exact) mass is 389 g/mol. The Hall–Kier alpha value is -2.67. The third kappa shape index (κ3) is 5.92. The topological polar surface area (TPSA) is 72.5 Å². The quantitative estimate of drug-likeness (QED) is 0.572. The van der Waals surface area contributed by atoms with E-state index in [0.29, 0.717) is 10.5 Å². The van der Waals surface area contributed by atoms with Crippen LogP contribution in [0.5, 0.6) is 0 Å². The van der Waals surface area contributed by atoms with Crippen LogP contribution in [0.15, 0.2) is 47.4 Å². The summed E-state index contributed by atoms with van der Waals surface area (Å²) in [6.07, 6.45) is -1.08. The van der Waals surface area contributed by atoms with Crippen LogP contribution in [0.25, 0.3) is 0 Å². The van der Waals surface area contributed by atoms with E-state index in [1.165, 1.54) is 31.7 Å². The number of ketones is 1. The van der Waals surface area contributed by atoms with Crippen molar-refractivity contribution in [3.63, 3.8) is 0 Å². The van der Waals surface area contributed by atoms with Gasteiger partial charge >= 0.3 is 5.97 Å². The van der Waals surface area contributed by atoms with Crippen molar-refractivity contribution in [1.82, 2.24) is 0 Å². The second-order valence-electron chi connectivity index (χ2n) is 5.99. The van der Waals surface area contributed by atoms with Crippen molar-refractivity contribution in [2.75, 3.05) is 11.1 Å². The smallest absolute Gasteiger partial charge is 0.340 e. The fourth-order valence-electron chi connectivity index (χ4n) is 2.13. The van der Waals surface area contributed by atoms with Gasteiger partial charge in [0.2, 0.25) is 0 Å². The molecule has 1 atom stereocenters. The van der Waals surface area contributed by atoms with Crippen LogP contribution in [-0.4, -0.2) is 29.5 Å². The molecule has 0 aliphatic carbocycles. The number of hydrogen-bond acceptors (Lipinski definition) is 5. The van der Waals surface area contributed by atoms with E-state index in [4.69, 9.17) is 4.74 Å². The van der Waals surface area contributed by atoms with Crippen LogP contribution in [0.1, 0.15) is 29.8 Å². The molecule has 0 fully saturated rings. The first-order valence-electron chi connectivity index (χ1n) is 8.27. The predicted octanol–water partition coefficient (Wildman–Crippen LogP) is 4.00. The number of benzene rings is 2. The summed E-state index contributed by atoms with van der Waals surface area (Å²) in [6, 6.07) is 11.0. The number of amides is 1. The number of aryl methyl sites for hydroxylation is 1. The van der Waals surface area contributed by atoms with E-state index in [9.17, 15) is 18.8 Å². The minimum absolute atomic E-state index is 0.0127. The zero-order valence-corrected chi connectivity index (χ0v) is 16.1. The van der Waals surface area contributed by atoms with Gasteiger partial charge in [-0.2, -0.15) is 0 Å². The molecule has 0 heterocycles. The molecule has 0 aliphatic heterocycles. The SMILES string of the molecule is CC(=O)CSc1ccccc1C(=O)O[C@@H](C)C(=O)Nc1ccc(C)c(F)c1. The Morgan fingerprint density at radius 1 is 1.19 bits per heavy atom. The van der Waals surface area contributed by atoms with Gasteiger partial charge in [0, 0.05) is 10.6 Å². The highest BCUT2D eigenvalue weighted by Crippen LogP contribution is 2.24. The standard InChI is InChI=1S/C20H20FNO4S/c1-12-8-9-15(10-17(12)21)22-19(24)14(3)26-20(25)16-6-4-5-7-18(16)27-11-13(2)23/h4-10,14H,11H2,1-3H3,(H,22,24)/t14-/m0/s1. The van der Waals surface area contributed by atoms with E-state index >= 15 is 0 Å². The average molecular weight is 389 g/mol. The van der Waals surface area contributed by atoms with Gasteiger partial charge in [0.1, 0.15) is 11.6 Å². The molecule has 142 valence electrons. The first-order chi connectivity index (χ1) is 12.8. The molecular weight excluding hydrogens is 369 g/mol. The number of Topliss-reactive ketones (excluding diaryl/α,β-unsaturated/α-hetero) is 1. The number of thioether (sulfide) groups is 1. The molecule has 27 heavy (non-hydrogen) atoms. The zero-order valence-electron chi connectivity index (χ0n) is 15.2. The Morgan fingerprint density at radius 2 is 1.89 bits per heavy atom. The number of rotatable bonds is 7. The first-order valence-corrected chi connectivity index (χ1v) is 9.25. The number of hydrogen-bond donors (Lipinski definition) is 1. The maximum absolute atomic E-state index is 13.6. The highest BCUT2D eigenvalue weighted by Gasteiger charge is 2.21. The number of anilines is 1. The second kappa shape index (κ2) is 9.32. The van der Waals surface area contributed by atoms with E-state index in [-0.39, 0.29) is 22.8 Å². The summed E-state index contributed by atoms with van der Waals surface area (Å²) in [5.74, 6) is -1.45. The minimum Gasteiger partial charge on any atom is -0.449 e. The van der Waals surface area contributed by atoms with E-state index < -0.39 is 23.8 Å². The lowest BCUT2D eigenvalue weighted by atomic mass is 10.2. The Morgan fingerprint density at radius 3 is 2.56 bits per heavy atom. The van der Waals surface area contributed by atoms with Crippen LogP contribution in [0.2, 0.25) is 0 Å². The van der Waals surface area contributed by atoms with Crippen LogP contribution >= 0.6 is 11.8 Å². The summed E-state index contributed by atoms with van der Waals surface area (Å²) in [5, 5.41) is 2.52. The van der Waals surface area contributed by atoms with Crippen molar-refractivity contribution in [3.8, 4) is 0 Å². The molecule has 1 N–H and O–H groups in total. The Labute approximate surface area is 161 Å². The maximum Gasteiger partial charge on any atom is 0.340 e. The fourth-order valence-corrected chi connectivity index (χ4v) is 2.97. The van der Waals surface area contributed by atoms with Gasteiger partial charge in [-0.3, -0.25) is 9.59 Å². The highest BCUT2D eigenvalue weighted by molar-refractivity contribution is 8.00. The molecule has 2 aromatic rings. The summed E-state index contributed by atoms with van der Waals surface area (Å²) in [4.78, 5) is 36.4. The van der Waals surface area contributed by atoms with Crippen LogP contribution in [0, 0.1) is 12.7 Å². The molecule has 0 aromatic heterocycles. The van der Waals surface area contributed by atoms with Crippen molar-refractivity contribution in [1.29, 1.82) is 0 Å². The molecule has 0 spiro atoms. The number of carbonyl (C=O) groups excluding carboxylic acids is 3.